The van der Waals surface area contributed by atoms with Crippen molar-refractivity contribution in [2.75, 3.05) is 18.9 Å². The van der Waals surface area contributed by atoms with Crippen LogP contribution in [0.5, 0.6) is 0 Å². The molecule has 13 heavy (non-hydrogen) atoms. The molecule has 0 aromatic carbocycles. The van der Waals surface area contributed by atoms with Crippen LogP contribution >= 0.6 is 11.8 Å². The van der Waals surface area contributed by atoms with E-state index in [1.807, 2.05) is 0 Å². The number of carbonyl (C=O) groups excluding carboxylic acids is 2. The van der Waals surface area contributed by atoms with Gasteiger partial charge in [-0.3, -0.25) is 9.59 Å². The van der Waals surface area contributed by atoms with Gasteiger partial charge in [0.25, 0.3) is 0 Å². The monoisotopic (exact) mass is 206 g/mol. The fourth-order valence-electron chi connectivity index (χ4n) is 0.583. The SMILES string of the molecule is CC(=O)SCCNC(=O)[C@@H](N)CO. The minimum Gasteiger partial charge on any atom is -0.394 e. The van der Waals surface area contributed by atoms with Crippen LogP contribution in [-0.4, -0.2) is 41.1 Å². The molecule has 0 saturated heterocycles. The van der Waals surface area contributed by atoms with E-state index in [1.54, 1.807) is 0 Å². The maximum atomic E-state index is 10.9. The Morgan fingerprint density at radius 2 is 2.23 bits per heavy atom. The molecule has 5 nitrogen and oxygen atoms in total. The van der Waals surface area contributed by atoms with Crippen LogP contribution in [0.2, 0.25) is 0 Å². The molecule has 0 aliphatic heterocycles. The van der Waals surface area contributed by atoms with E-state index in [0.717, 1.165) is 11.8 Å². The molecule has 1 atom stereocenters. The first-order valence-corrected chi connectivity index (χ1v) is 4.84. The molecule has 0 aromatic heterocycles. The van der Waals surface area contributed by atoms with Crippen LogP contribution in [-0.2, 0) is 9.59 Å². The zero-order valence-corrected chi connectivity index (χ0v) is 8.26. The molecule has 0 aliphatic carbocycles. The Labute approximate surface area is 81.1 Å². The highest BCUT2D eigenvalue weighted by Gasteiger charge is 2.10. The number of aliphatic hydroxyl groups excluding tert-OH is 1. The van der Waals surface area contributed by atoms with Crippen molar-refractivity contribution in [2.24, 2.45) is 5.73 Å². The van der Waals surface area contributed by atoms with E-state index in [-0.39, 0.29) is 11.7 Å². The van der Waals surface area contributed by atoms with Crippen molar-refractivity contribution >= 4 is 22.8 Å². The zero-order valence-electron chi connectivity index (χ0n) is 7.45. The number of nitrogens with two attached hydrogens (primary N) is 1. The smallest absolute Gasteiger partial charge is 0.239 e. The summed E-state index contributed by atoms with van der Waals surface area (Å²) in [6.07, 6.45) is 0. The van der Waals surface area contributed by atoms with Crippen molar-refractivity contribution in [1.82, 2.24) is 5.32 Å². The molecule has 0 saturated carbocycles. The molecule has 1 amide bonds. The predicted octanol–water partition coefficient (Wildman–Crippen LogP) is -1.30. The minimum absolute atomic E-state index is 0.0145. The molecule has 76 valence electrons. The predicted molar refractivity (Wildman–Crippen MR) is 51.2 cm³/mol. The first-order chi connectivity index (χ1) is 6.07. The summed E-state index contributed by atoms with van der Waals surface area (Å²) in [6, 6.07) is -0.873. The molecule has 0 unspecified atom stereocenters. The second kappa shape index (κ2) is 6.88. The van der Waals surface area contributed by atoms with Gasteiger partial charge in [0.05, 0.1) is 6.61 Å². The minimum atomic E-state index is -0.873. The lowest BCUT2D eigenvalue weighted by Gasteiger charge is -2.08. The maximum absolute atomic E-state index is 10.9. The normalized spacial score (nSPS) is 12.2. The molecule has 4 N–H and O–H groups in total. The van der Waals surface area contributed by atoms with E-state index in [2.05, 4.69) is 5.32 Å². The van der Waals surface area contributed by atoms with Gasteiger partial charge in [-0.25, -0.2) is 0 Å². The number of hydrogen-bond acceptors (Lipinski definition) is 5. The van der Waals surface area contributed by atoms with Crippen LogP contribution in [0.4, 0.5) is 0 Å². The first kappa shape index (κ1) is 12.4. The average molecular weight is 206 g/mol. The van der Waals surface area contributed by atoms with Gasteiger partial charge >= 0.3 is 0 Å². The third-order valence-electron chi connectivity index (χ3n) is 1.24. The van der Waals surface area contributed by atoms with Gasteiger partial charge < -0.3 is 16.2 Å². The molecule has 0 radical (unpaired) electrons. The highest BCUT2D eigenvalue weighted by atomic mass is 32.2. The largest absolute Gasteiger partial charge is 0.394 e. The topological polar surface area (TPSA) is 92.4 Å². The van der Waals surface area contributed by atoms with Crippen LogP contribution in [0, 0.1) is 0 Å². The Balaban J connectivity index is 3.42. The van der Waals surface area contributed by atoms with Crippen LogP contribution in [0.15, 0.2) is 0 Å². The quantitative estimate of drug-likeness (QED) is 0.486. The van der Waals surface area contributed by atoms with Gasteiger partial charge in [-0.05, 0) is 0 Å². The van der Waals surface area contributed by atoms with Crippen molar-refractivity contribution in [2.45, 2.75) is 13.0 Å². The highest BCUT2D eigenvalue weighted by Crippen LogP contribution is 1.97. The summed E-state index contributed by atoms with van der Waals surface area (Å²) >= 11 is 1.14. The van der Waals surface area contributed by atoms with Crippen LogP contribution in [0.1, 0.15) is 6.92 Å². The van der Waals surface area contributed by atoms with Crippen LogP contribution < -0.4 is 11.1 Å². The van der Waals surface area contributed by atoms with E-state index in [9.17, 15) is 9.59 Å². The number of rotatable bonds is 5. The van der Waals surface area contributed by atoms with Gasteiger partial charge in [0.15, 0.2) is 5.12 Å². The summed E-state index contributed by atoms with van der Waals surface area (Å²) in [6.45, 7) is 1.48. The molecule has 6 heteroatoms. The lowest BCUT2D eigenvalue weighted by molar-refractivity contribution is -0.123. The number of aliphatic hydroxyl groups is 1. The fraction of sp³-hybridized carbons (Fsp3) is 0.714. The van der Waals surface area contributed by atoms with E-state index in [1.165, 1.54) is 6.92 Å². The van der Waals surface area contributed by atoms with Crippen molar-refractivity contribution in [3.8, 4) is 0 Å². The number of hydrogen-bond donors (Lipinski definition) is 3. The van der Waals surface area contributed by atoms with Crippen molar-refractivity contribution in [1.29, 1.82) is 0 Å². The summed E-state index contributed by atoms with van der Waals surface area (Å²) in [7, 11) is 0. The number of amides is 1. The summed E-state index contributed by atoms with van der Waals surface area (Å²) in [5, 5.41) is 11.0. The van der Waals surface area contributed by atoms with Gasteiger partial charge in [0.1, 0.15) is 6.04 Å². The van der Waals surface area contributed by atoms with Crippen LogP contribution in [0.3, 0.4) is 0 Å². The fourth-order valence-corrected chi connectivity index (χ4v) is 1.07. The second-order valence-corrected chi connectivity index (χ2v) is 3.69. The van der Waals surface area contributed by atoms with E-state index in [4.69, 9.17) is 10.8 Å². The number of nitrogens with one attached hydrogen (secondary N) is 1. The van der Waals surface area contributed by atoms with Crippen molar-refractivity contribution < 1.29 is 14.7 Å². The molecule has 0 spiro atoms. The van der Waals surface area contributed by atoms with Gasteiger partial charge in [-0.15, -0.1) is 0 Å². The molecular weight excluding hydrogens is 192 g/mol. The molecule has 0 aliphatic rings. The average Bonchev–Trinajstić information content (AvgIpc) is 2.10. The zero-order chi connectivity index (χ0) is 10.3. The van der Waals surface area contributed by atoms with Crippen molar-refractivity contribution in [3.63, 3.8) is 0 Å². The van der Waals surface area contributed by atoms with Gasteiger partial charge in [0, 0.05) is 19.2 Å². The van der Waals surface area contributed by atoms with E-state index < -0.39 is 11.9 Å². The molecule has 0 heterocycles. The molecule has 0 fully saturated rings. The van der Waals surface area contributed by atoms with Crippen molar-refractivity contribution in [3.05, 3.63) is 0 Å². The van der Waals surface area contributed by atoms with Crippen LogP contribution in [0.25, 0.3) is 0 Å². The molecule has 0 rings (SSSR count). The molecule has 0 bridgehead atoms. The lowest BCUT2D eigenvalue weighted by atomic mass is 10.3. The second-order valence-electron chi connectivity index (χ2n) is 2.42. The molecular formula is C7H14N2O3S. The lowest BCUT2D eigenvalue weighted by Crippen LogP contribution is -2.43. The summed E-state index contributed by atoms with van der Waals surface area (Å²) in [5.74, 6) is 0.130. The number of thioether (sulfide) groups is 1. The van der Waals surface area contributed by atoms with E-state index >= 15 is 0 Å². The third kappa shape index (κ3) is 6.56. The van der Waals surface area contributed by atoms with Gasteiger partial charge in [-0.1, -0.05) is 11.8 Å². The molecule has 0 aromatic rings. The maximum Gasteiger partial charge on any atom is 0.239 e. The Hall–Kier alpha value is -0.590. The van der Waals surface area contributed by atoms with Gasteiger partial charge in [0.2, 0.25) is 5.91 Å². The Morgan fingerprint density at radius 3 is 2.69 bits per heavy atom. The standard InChI is InChI=1S/C7H14N2O3S/c1-5(11)13-3-2-9-7(12)6(8)4-10/h6,10H,2-4,8H2,1H3,(H,9,12)/t6-/m0/s1. The highest BCUT2D eigenvalue weighted by molar-refractivity contribution is 8.13. The Morgan fingerprint density at radius 1 is 1.62 bits per heavy atom. The summed E-state index contributed by atoms with van der Waals surface area (Å²) in [4.78, 5) is 21.4. The Bertz CT molecular complexity index is 187. The third-order valence-corrected chi connectivity index (χ3v) is 2.05. The summed E-state index contributed by atoms with van der Waals surface area (Å²) in [5.41, 5.74) is 5.22. The summed E-state index contributed by atoms with van der Waals surface area (Å²) < 4.78 is 0. The van der Waals surface area contributed by atoms with E-state index in [0.29, 0.717) is 12.3 Å². The van der Waals surface area contributed by atoms with Gasteiger partial charge in [-0.2, -0.15) is 0 Å². The number of carbonyl (C=O) groups is 2. The first-order valence-electron chi connectivity index (χ1n) is 3.85. The Kier molecular flexibility index (Phi) is 6.56.